The van der Waals surface area contributed by atoms with Gasteiger partial charge in [0.1, 0.15) is 13.1 Å². The fourth-order valence-corrected chi connectivity index (χ4v) is 2.05. The van der Waals surface area contributed by atoms with Crippen LogP contribution in [0, 0.1) is 6.92 Å². The van der Waals surface area contributed by atoms with Crippen molar-refractivity contribution < 1.29 is 19.8 Å². The molecule has 0 radical (unpaired) electrons. The van der Waals surface area contributed by atoms with Crippen LogP contribution in [0.3, 0.4) is 0 Å². The van der Waals surface area contributed by atoms with Gasteiger partial charge in [0.15, 0.2) is 0 Å². The molecule has 0 fully saturated rings. The van der Waals surface area contributed by atoms with Crippen LogP contribution in [0.4, 0.5) is 0 Å². The molecule has 7 nitrogen and oxygen atoms in total. The molecule has 0 saturated carbocycles. The monoisotopic (exact) mass is 289 g/mol. The molecule has 0 aliphatic rings. The number of para-hydroxylation sites is 1. The molecule has 0 unspecified atom stereocenters. The zero-order valence-corrected chi connectivity index (χ0v) is 11.4. The number of H-pyrrole nitrogens is 1. The summed E-state index contributed by atoms with van der Waals surface area (Å²) in [6, 6.07) is 7.63. The molecule has 0 bridgehead atoms. The van der Waals surface area contributed by atoms with Crippen molar-refractivity contribution in [2.75, 3.05) is 13.1 Å². The molecule has 0 aliphatic carbocycles. The van der Waals surface area contributed by atoms with Gasteiger partial charge >= 0.3 is 11.9 Å². The van der Waals surface area contributed by atoms with Gasteiger partial charge in [0.05, 0.1) is 6.21 Å². The average molecular weight is 289 g/mol. The number of carbonyl (C=O) groups is 2. The SMILES string of the molecule is Cc1[nH]c2ccccc2c1/C=N\N(CC(=O)O)CC(=O)O. The van der Waals surface area contributed by atoms with E-state index in [2.05, 4.69) is 10.1 Å². The second kappa shape index (κ2) is 6.08. The van der Waals surface area contributed by atoms with Gasteiger partial charge in [-0.2, -0.15) is 5.10 Å². The Morgan fingerprint density at radius 2 is 1.86 bits per heavy atom. The molecule has 1 heterocycles. The number of carboxylic acids is 2. The molecular formula is C14H15N3O4. The van der Waals surface area contributed by atoms with Gasteiger partial charge in [-0.3, -0.25) is 14.6 Å². The molecule has 3 N–H and O–H groups in total. The molecule has 0 saturated heterocycles. The summed E-state index contributed by atoms with van der Waals surface area (Å²) >= 11 is 0. The molecule has 2 aromatic rings. The molecule has 0 aliphatic heterocycles. The normalized spacial score (nSPS) is 11.1. The van der Waals surface area contributed by atoms with E-state index < -0.39 is 25.0 Å². The maximum Gasteiger partial charge on any atom is 0.324 e. The number of hydrazone groups is 1. The minimum absolute atomic E-state index is 0.468. The predicted octanol–water partition coefficient (Wildman–Crippen LogP) is 1.28. The quantitative estimate of drug-likeness (QED) is 0.548. The van der Waals surface area contributed by atoms with Crippen molar-refractivity contribution in [3.63, 3.8) is 0 Å². The molecule has 2 rings (SSSR count). The molecule has 21 heavy (non-hydrogen) atoms. The van der Waals surface area contributed by atoms with E-state index in [9.17, 15) is 9.59 Å². The van der Waals surface area contributed by atoms with Gasteiger partial charge in [-0.25, -0.2) is 0 Å². The van der Waals surface area contributed by atoms with Gasteiger partial charge in [-0.15, -0.1) is 0 Å². The van der Waals surface area contributed by atoms with Crippen LogP contribution in [-0.2, 0) is 9.59 Å². The van der Waals surface area contributed by atoms with Crippen LogP contribution in [0.15, 0.2) is 29.4 Å². The molecular weight excluding hydrogens is 274 g/mol. The summed E-state index contributed by atoms with van der Waals surface area (Å²) in [5.41, 5.74) is 2.64. The molecule has 110 valence electrons. The molecule has 0 spiro atoms. The van der Waals surface area contributed by atoms with Gasteiger partial charge in [-0.1, -0.05) is 18.2 Å². The van der Waals surface area contributed by atoms with Crippen molar-refractivity contribution in [1.29, 1.82) is 0 Å². The zero-order valence-electron chi connectivity index (χ0n) is 11.4. The highest BCUT2D eigenvalue weighted by atomic mass is 16.4. The molecule has 1 aromatic heterocycles. The minimum atomic E-state index is -1.14. The number of aryl methyl sites for hydroxylation is 1. The third-order valence-electron chi connectivity index (χ3n) is 2.93. The highest BCUT2D eigenvalue weighted by Gasteiger charge is 2.11. The Labute approximate surface area is 120 Å². The fourth-order valence-electron chi connectivity index (χ4n) is 2.05. The van der Waals surface area contributed by atoms with E-state index in [1.807, 2.05) is 31.2 Å². The first-order valence-corrected chi connectivity index (χ1v) is 6.27. The fraction of sp³-hybridized carbons (Fsp3) is 0.214. The number of nitrogens with one attached hydrogen (secondary N) is 1. The Balaban J connectivity index is 2.29. The minimum Gasteiger partial charge on any atom is -0.480 e. The van der Waals surface area contributed by atoms with Crippen LogP contribution < -0.4 is 0 Å². The lowest BCUT2D eigenvalue weighted by atomic mass is 10.1. The smallest absolute Gasteiger partial charge is 0.324 e. The van der Waals surface area contributed by atoms with Crippen LogP contribution in [0.25, 0.3) is 10.9 Å². The summed E-state index contributed by atoms with van der Waals surface area (Å²) in [6.07, 6.45) is 1.49. The van der Waals surface area contributed by atoms with Crippen LogP contribution in [0.5, 0.6) is 0 Å². The van der Waals surface area contributed by atoms with E-state index in [4.69, 9.17) is 10.2 Å². The number of carboxylic acid groups (broad SMARTS) is 2. The highest BCUT2D eigenvalue weighted by Crippen LogP contribution is 2.20. The third kappa shape index (κ3) is 3.59. The van der Waals surface area contributed by atoms with Crippen LogP contribution >= 0.6 is 0 Å². The van der Waals surface area contributed by atoms with Gasteiger partial charge < -0.3 is 15.2 Å². The molecule has 7 heteroatoms. The zero-order chi connectivity index (χ0) is 15.4. The first-order chi connectivity index (χ1) is 9.97. The molecule has 0 atom stereocenters. The van der Waals surface area contributed by atoms with E-state index in [0.29, 0.717) is 0 Å². The number of hydrogen-bond donors (Lipinski definition) is 3. The van der Waals surface area contributed by atoms with Crippen LogP contribution in [-0.4, -0.2) is 51.4 Å². The summed E-state index contributed by atoms with van der Waals surface area (Å²) in [7, 11) is 0. The van der Waals surface area contributed by atoms with E-state index in [0.717, 1.165) is 27.2 Å². The van der Waals surface area contributed by atoms with Crippen LogP contribution in [0.1, 0.15) is 11.3 Å². The summed E-state index contributed by atoms with van der Waals surface area (Å²) < 4.78 is 0. The number of nitrogens with zero attached hydrogens (tertiary/aromatic N) is 2. The second-order valence-corrected chi connectivity index (χ2v) is 4.56. The Hall–Kier alpha value is -2.83. The molecule has 0 amide bonds. The van der Waals surface area contributed by atoms with Crippen molar-refractivity contribution in [1.82, 2.24) is 9.99 Å². The number of fused-ring (bicyclic) bond motifs is 1. The van der Waals surface area contributed by atoms with Gasteiger partial charge in [-0.05, 0) is 13.0 Å². The van der Waals surface area contributed by atoms with Gasteiger partial charge in [0.2, 0.25) is 0 Å². The summed E-state index contributed by atoms with van der Waals surface area (Å²) in [5.74, 6) is -2.27. The topological polar surface area (TPSA) is 106 Å². The van der Waals surface area contributed by atoms with Crippen molar-refractivity contribution >= 4 is 29.1 Å². The number of aromatic nitrogens is 1. The Morgan fingerprint density at radius 1 is 1.24 bits per heavy atom. The standard InChI is InChI=1S/C14H15N3O4/c1-9-11(10-4-2-3-5-12(10)16-9)6-15-17(7-13(18)19)8-14(20)21/h2-6,16H,7-8H2,1H3,(H,18,19)(H,20,21)/b15-6-. The Bertz CT molecular complexity index is 689. The van der Waals surface area contributed by atoms with E-state index in [-0.39, 0.29) is 0 Å². The summed E-state index contributed by atoms with van der Waals surface area (Å²) in [5, 5.41) is 23.5. The maximum atomic E-state index is 10.7. The van der Waals surface area contributed by atoms with Gasteiger partial charge in [0, 0.05) is 22.2 Å². The van der Waals surface area contributed by atoms with Gasteiger partial charge in [0.25, 0.3) is 0 Å². The lowest BCUT2D eigenvalue weighted by Gasteiger charge is -2.13. The van der Waals surface area contributed by atoms with Crippen LogP contribution in [0.2, 0.25) is 0 Å². The second-order valence-electron chi connectivity index (χ2n) is 4.56. The van der Waals surface area contributed by atoms with Crippen molar-refractivity contribution in [3.8, 4) is 0 Å². The Morgan fingerprint density at radius 3 is 2.48 bits per heavy atom. The number of hydrogen-bond acceptors (Lipinski definition) is 4. The predicted molar refractivity (Wildman–Crippen MR) is 77.5 cm³/mol. The van der Waals surface area contributed by atoms with Crippen molar-refractivity contribution in [2.45, 2.75) is 6.92 Å². The van der Waals surface area contributed by atoms with E-state index >= 15 is 0 Å². The lowest BCUT2D eigenvalue weighted by molar-refractivity contribution is -0.141. The van der Waals surface area contributed by atoms with E-state index in [1.165, 1.54) is 6.21 Å². The largest absolute Gasteiger partial charge is 0.480 e. The third-order valence-corrected chi connectivity index (χ3v) is 2.93. The number of rotatable bonds is 6. The number of aliphatic carboxylic acids is 2. The highest BCUT2D eigenvalue weighted by molar-refractivity contribution is 6.00. The summed E-state index contributed by atoms with van der Waals surface area (Å²) in [6.45, 7) is 0.939. The number of benzene rings is 1. The van der Waals surface area contributed by atoms with Crippen molar-refractivity contribution in [3.05, 3.63) is 35.5 Å². The summed E-state index contributed by atoms with van der Waals surface area (Å²) in [4.78, 5) is 24.6. The average Bonchev–Trinajstić information content (AvgIpc) is 2.70. The number of aromatic amines is 1. The lowest BCUT2D eigenvalue weighted by Crippen LogP contribution is -2.30. The first kappa shape index (κ1) is 14.6. The Kier molecular flexibility index (Phi) is 4.22. The van der Waals surface area contributed by atoms with E-state index in [1.54, 1.807) is 0 Å². The van der Waals surface area contributed by atoms with Crippen molar-refractivity contribution in [2.24, 2.45) is 5.10 Å². The first-order valence-electron chi connectivity index (χ1n) is 6.27. The maximum absolute atomic E-state index is 10.7. The molecule has 1 aromatic carbocycles.